The van der Waals surface area contributed by atoms with Gasteiger partial charge in [0.2, 0.25) is 5.82 Å². The SMILES string of the molecule is COC(CNC(=O)O)c1ccc(-n2nnc(-c3ccccn3)n2)cc1. The van der Waals surface area contributed by atoms with Crippen LogP contribution in [-0.4, -0.2) is 50.0 Å². The number of hydrogen-bond acceptors (Lipinski definition) is 6. The third-order valence-corrected chi connectivity index (χ3v) is 3.53. The van der Waals surface area contributed by atoms with E-state index in [9.17, 15) is 4.79 Å². The Hall–Kier alpha value is -3.33. The van der Waals surface area contributed by atoms with E-state index in [4.69, 9.17) is 9.84 Å². The topological polar surface area (TPSA) is 115 Å². The van der Waals surface area contributed by atoms with E-state index < -0.39 is 6.09 Å². The van der Waals surface area contributed by atoms with Crippen LogP contribution in [0.1, 0.15) is 11.7 Å². The number of carbonyl (C=O) groups is 1. The first-order chi connectivity index (χ1) is 12.2. The van der Waals surface area contributed by atoms with E-state index in [1.807, 2.05) is 42.5 Å². The summed E-state index contributed by atoms with van der Waals surface area (Å²) in [6.45, 7) is 0.163. The van der Waals surface area contributed by atoms with E-state index in [-0.39, 0.29) is 12.6 Å². The highest BCUT2D eigenvalue weighted by molar-refractivity contribution is 5.64. The first-order valence-corrected chi connectivity index (χ1v) is 7.48. The third-order valence-electron chi connectivity index (χ3n) is 3.53. The van der Waals surface area contributed by atoms with Gasteiger partial charge in [0.05, 0.1) is 18.3 Å². The number of carboxylic acid groups (broad SMARTS) is 1. The van der Waals surface area contributed by atoms with Crippen LogP contribution in [0.4, 0.5) is 4.79 Å². The maximum atomic E-state index is 10.6. The largest absolute Gasteiger partial charge is 0.465 e. The van der Waals surface area contributed by atoms with Crippen molar-refractivity contribution in [2.75, 3.05) is 13.7 Å². The van der Waals surface area contributed by atoms with Crippen molar-refractivity contribution in [3.8, 4) is 17.2 Å². The summed E-state index contributed by atoms with van der Waals surface area (Å²) in [5, 5.41) is 23.4. The zero-order chi connectivity index (χ0) is 17.6. The van der Waals surface area contributed by atoms with E-state index in [1.165, 1.54) is 11.9 Å². The molecule has 9 nitrogen and oxygen atoms in total. The summed E-state index contributed by atoms with van der Waals surface area (Å²) < 4.78 is 5.31. The van der Waals surface area contributed by atoms with Crippen LogP contribution in [0, 0.1) is 0 Å². The third kappa shape index (κ3) is 3.96. The Morgan fingerprint density at radius 1 is 1.28 bits per heavy atom. The van der Waals surface area contributed by atoms with Gasteiger partial charge in [0.1, 0.15) is 5.69 Å². The molecule has 0 spiro atoms. The minimum atomic E-state index is -1.09. The van der Waals surface area contributed by atoms with Crippen LogP contribution in [0.25, 0.3) is 17.2 Å². The predicted molar refractivity (Wildman–Crippen MR) is 88.2 cm³/mol. The van der Waals surface area contributed by atoms with Crippen LogP contribution >= 0.6 is 0 Å². The normalized spacial score (nSPS) is 11.9. The molecule has 3 rings (SSSR count). The number of ether oxygens (including phenoxy) is 1. The highest BCUT2D eigenvalue weighted by Gasteiger charge is 2.13. The number of rotatable bonds is 6. The fourth-order valence-electron chi connectivity index (χ4n) is 2.26. The summed E-state index contributed by atoms with van der Waals surface area (Å²) in [6.07, 6.45) is 0.200. The lowest BCUT2D eigenvalue weighted by Gasteiger charge is -2.15. The molecule has 0 radical (unpaired) electrons. The molecule has 1 amide bonds. The molecule has 128 valence electrons. The van der Waals surface area contributed by atoms with E-state index in [1.54, 1.807) is 6.20 Å². The van der Waals surface area contributed by atoms with Crippen LogP contribution in [0.15, 0.2) is 48.7 Å². The quantitative estimate of drug-likeness (QED) is 0.701. The molecule has 2 aromatic heterocycles. The Balaban J connectivity index is 1.76. The fourth-order valence-corrected chi connectivity index (χ4v) is 2.26. The second-order valence-corrected chi connectivity index (χ2v) is 5.12. The Labute approximate surface area is 143 Å². The molecule has 0 aliphatic rings. The van der Waals surface area contributed by atoms with Crippen LogP contribution in [0.2, 0.25) is 0 Å². The van der Waals surface area contributed by atoms with Crippen molar-refractivity contribution < 1.29 is 14.6 Å². The maximum absolute atomic E-state index is 10.6. The fraction of sp³-hybridized carbons (Fsp3) is 0.188. The van der Waals surface area contributed by atoms with Gasteiger partial charge in [-0.1, -0.05) is 18.2 Å². The molecule has 2 heterocycles. The van der Waals surface area contributed by atoms with Gasteiger partial charge in [-0.15, -0.1) is 15.0 Å². The molecule has 0 bridgehead atoms. The molecule has 2 N–H and O–H groups in total. The molecule has 0 aliphatic carbocycles. The second-order valence-electron chi connectivity index (χ2n) is 5.12. The minimum absolute atomic E-state index is 0.163. The van der Waals surface area contributed by atoms with Gasteiger partial charge >= 0.3 is 6.09 Å². The predicted octanol–water partition coefficient (Wildman–Crippen LogP) is 1.68. The number of pyridine rings is 1. The van der Waals surface area contributed by atoms with E-state index >= 15 is 0 Å². The zero-order valence-corrected chi connectivity index (χ0v) is 13.4. The lowest BCUT2D eigenvalue weighted by molar-refractivity contribution is 0.100. The van der Waals surface area contributed by atoms with E-state index in [2.05, 4.69) is 25.7 Å². The Morgan fingerprint density at radius 2 is 2.08 bits per heavy atom. The highest BCUT2D eigenvalue weighted by Crippen LogP contribution is 2.18. The first-order valence-electron chi connectivity index (χ1n) is 7.48. The highest BCUT2D eigenvalue weighted by atomic mass is 16.5. The van der Waals surface area contributed by atoms with Gasteiger partial charge in [0, 0.05) is 13.3 Å². The molecule has 25 heavy (non-hydrogen) atoms. The molecular formula is C16H16N6O3. The van der Waals surface area contributed by atoms with Crippen molar-refractivity contribution in [2.45, 2.75) is 6.10 Å². The number of amides is 1. The molecular weight excluding hydrogens is 324 g/mol. The van der Waals surface area contributed by atoms with Gasteiger partial charge in [-0.05, 0) is 35.0 Å². The van der Waals surface area contributed by atoms with Crippen molar-refractivity contribution in [1.82, 2.24) is 30.5 Å². The monoisotopic (exact) mass is 340 g/mol. The van der Waals surface area contributed by atoms with Gasteiger partial charge in [-0.2, -0.15) is 0 Å². The Bertz CT molecular complexity index is 835. The van der Waals surface area contributed by atoms with Crippen LogP contribution in [0.3, 0.4) is 0 Å². The molecule has 0 saturated carbocycles. The molecule has 1 atom stereocenters. The van der Waals surface area contributed by atoms with Gasteiger partial charge in [-0.25, -0.2) is 4.79 Å². The molecule has 1 aromatic carbocycles. The van der Waals surface area contributed by atoms with Gasteiger partial charge in [-0.3, -0.25) is 4.98 Å². The minimum Gasteiger partial charge on any atom is -0.465 e. The number of hydrogen-bond donors (Lipinski definition) is 2. The maximum Gasteiger partial charge on any atom is 0.404 e. The van der Waals surface area contributed by atoms with Gasteiger partial charge in [0.15, 0.2) is 0 Å². The van der Waals surface area contributed by atoms with Crippen molar-refractivity contribution in [1.29, 1.82) is 0 Å². The lowest BCUT2D eigenvalue weighted by Crippen LogP contribution is -2.27. The summed E-state index contributed by atoms with van der Waals surface area (Å²) in [5.41, 5.74) is 2.20. The second kappa shape index (κ2) is 7.49. The number of aromatic nitrogens is 5. The first kappa shape index (κ1) is 16.5. The molecule has 3 aromatic rings. The van der Waals surface area contributed by atoms with Crippen molar-refractivity contribution in [3.05, 3.63) is 54.2 Å². The number of benzene rings is 1. The van der Waals surface area contributed by atoms with Crippen molar-refractivity contribution in [2.24, 2.45) is 0 Å². The standard InChI is InChI=1S/C16H16N6O3/c1-25-14(10-18-16(23)24)11-5-7-12(8-6-11)22-20-15(19-21-22)13-4-2-3-9-17-13/h2-9,14,18H,10H2,1H3,(H,23,24). The summed E-state index contributed by atoms with van der Waals surface area (Å²) >= 11 is 0. The molecule has 0 saturated heterocycles. The number of nitrogens with one attached hydrogen (secondary N) is 1. The zero-order valence-electron chi connectivity index (χ0n) is 13.4. The smallest absolute Gasteiger partial charge is 0.404 e. The molecule has 9 heteroatoms. The van der Waals surface area contributed by atoms with Crippen LogP contribution in [0.5, 0.6) is 0 Å². The van der Waals surface area contributed by atoms with E-state index in [0.717, 1.165) is 11.3 Å². The number of methoxy groups -OCH3 is 1. The summed E-state index contributed by atoms with van der Waals surface area (Å²) in [4.78, 5) is 16.2. The summed E-state index contributed by atoms with van der Waals surface area (Å²) in [6, 6.07) is 12.8. The molecule has 0 aliphatic heterocycles. The average molecular weight is 340 g/mol. The van der Waals surface area contributed by atoms with Crippen LogP contribution in [-0.2, 0) is 4.74 Å². The average Bonchev–Trinajstić information content (AvgIpc) is 3.13. The van der Waals surface area contributed by atoms with E-state index in [0.29, 0.717) is 11.5 Å². The Kier molecular flexibility index (Phi) is 4.95. The van der Waals surface area contributed by atoms with Crippen molar-refractivity contribution in [3.63, 3.8) is 0 Å². The number of nitrogens with zero attached hydrogens (tertiary/aromatic N) is 5. The molecule has 1 unspecified atom stereocenters. The number of tetrazole rings is 1. The Morgan fingerprint density at radius 3 is 2.72 bits per heavy atom. The summed E-state index contributed by atoms with van der Waals surface area (Å²) in [7, 11) is 1.53. The summed E-state index contributed by atoms with van der Waals surface area (Å²) in [5.74, 6) is 0.435. The van der Waals surface area contributed by atoms with Gasteiger partial charge < -0.3 is 15.2 Å². The molecule has 0 fully saturated rings. The van der Waals surface area contributed by atoms with Gasteiger partial charge in [0.25, 0.3) is 0 Å². The lowest BCUT2D eigenvalue weighted by atomic mass is 10.1. The van der Waals surface area contributed by atoms with Crippen LogP contribution < -0.4 is 5.32 Å². The van der Waals surface area contributed by atoms with Crippen molar-refractivity contribution >= 4 is 6.09 Å².